The first kappa shape index (κ1) is 13.3. The molecule has 0 saturated heterocycles. The molecule has 1 rings (SSSR count). The molecule has 90 valence electrons. The van der Waals surface area contributed by atoms with Crippen LogP contribution in [0, 0.1) is 6.92 Å². The van der Waals surface area contributed by atoms with Crippen LogP contribution in [0.1, 0.15) is 25.3 Å². The van der Waals surface area contributed by atoms with Crippen LogP contribution in [0.4, 0.5) is 5.69 Å². The number of ether oxygens (including phenoxy) is 1. The van der Waals surface area contributed by atoms with Gasteiger partial charge < -0.3 is 10.1 Å². The van der Waals surface area contributed by atoms with Crippen molar-refractivity contribution in [2.75, 3.05) is 25.1 Å². The second-order valence-electron chi connectivity index (χ2n) is 3.88. The van der Waals surface area contributed by atoms with Crippen LogP contribution in [0.2, 0.25) is 5.02 Å². The van der Waals surface area contributed by atoms with Gasteiger partial charge in [-0.05, 0) is 31.0 Å². The molecule has 2 nitrogen and oxygen atoms in total. The molecule has 0 radical (unpaired) electrons. The molecule has 0 bridgehead atoms. The number of halogens is 1. The van der Waals surface area contributed by atoms with Gasteiger partial charge in [0, 0.05) is 13.2 Å². The first-order valence-electron chi connectivity index (χ1n) is 5.82. The van der Waals surface area contributed by atoms with Gasteiger partial charge in [0.05, 0.1) is 17.3 Å². The number of rotatable bonds is 7. The SMILES string of the molecule is CCCCOCCNc1ccc(C)cc1Cl. The minimum Gasteiger partial charge on any atom is -0.382 e. The highest BCUT2D eigenvalue weighted by Crippen LogP contribution is 2.22. The van der Waals surface area contributed by atoms with E-state index in [-0.39, 0.29) is 0 Å². The lowest BCUT2D eigenvalue weighted by Crippen LogP contribution is -2.10. The Bertz CT molecular complexity index is 315. The lowest BCUT2D eigenvalue weighted by molar-refractivity contribution is 0.141. The maximum atomic E-state index is 6.09. The molecule has 1 N–H and O–H groups in total. The van der Waals surface area contributed by atoms with Gasteiger partial charge in [0.1, 0.15) is 0 Å². The molecule has 3 heteroatoms. The predicted molar refractivity (Wildman–Crippen MR) is 70.4 cm³/mol. The molecule has 0 aliphatic carbocycles. The molecule has 0 saturated carbocycles. The molecular weight excluding hydrogens is 222 g/mol. The Labute approximate surface area is 103 Å². The highest BCUT2D eigenvalue weighted by Gasteiger charge is 1.98. The van der Waals surface area contributed by atoms with Crippen molar-refractivity contribution in [2.24, 2.45) is 0 Å². The minimum absolute atomic E-state index is 0.726. The van der Waals surface area contributed by atoms with Gasteiger partial charge in [-0.25, -0.2) is 0 Å². The summed E-state index contributed by atoms with van der Waals surface area (Å²) < 4.78 is 5.45. The molecule has 1 aromatic carbocycles. The van der Waals surface area contributed by atoms with Crippen LogP contribution >= 0.6 is 11.6 Å². The zero-order chi connectivity index (χ0) is 11.8. The van der Waals surface area contributed by atoms with E-state index in [9.17, 15) is 0 Å². The molecule has 0 aliphatic heterocycles. The first-order chi connectivity index (χ1) is 7.74. The third-order valence-electron chi connectivity index (χ3n) is 2.33. The Morgan fingerprint density at radius 3 is 2.81 bits per heavy atom. The third kappa shape index (κ3) is 4.86. The molecule has 1 aromatic rings. The summed E-state index contributed by atoms with van der Waals surface area (Å²) in [5.74, 6) is 0. The van der Waals surface area contributed by atoms with Gasteiger partial charge in [0.15, 0.2) is 0 Å². The van der Waals surface area contributed by atoms with E-state index in [2.05, 4.69) is 12.2 Å². The van der Waals surface area contributed by atoms with E-state index < -0.39 is 0 Å². The van der Waals surface area contributed by atoms with Crippen LogP contribution < -0.4 is 5.32 Å². The van der Waals surface area contributed by atoms with Gasteiger partial charge in [-0.1, -0.05) is 31.0 Å². The number of unbranched alkanes of at least 4 members (excludes halogenated alkanes) is 1. The van der Waals surface area contributed by atoms with E-state index in [0.717, 1.165) is 36.9 Å². The summed E-state index contributed by atoms with van der Waals surface area (Å²) in [5, 5.41) is 4.03. The summed E-state index contributed by atoms with van der Waals surface area (Å²) in [6.07, 6.45) is 2.31. The molecular formula is C13H20ClNO. The molecule has 0 amide bonds. The van der Waals surface area contributed by atoms with Crippen molar-refractivity contribution >= 4 is 17.3 Å². The second kappa shape index (κ2) is 7.53. The summed E-state index contributed by atoms with van der Waals surface area (Å²) in [6.45, 7) is 6.56. The largest absolute Gasteiger partial charge is 0.382 e. The molecule has 0 atom stereocenters. The summed E-state index contributed by atoms with van der Waals surface area (Å²) in [4.78, 5) is 0. The second-order valence-corrected chi connectivity index (χ2v) is 4.28. The highest BCUT2D eigenvalue weighted by molar-refractivity contribution is 6.33. The van der Waals surface area contributed by atoms with Crippen LogP contribution in [0.15, 0.2) is 18.2 Å². The van der Waals surface area contributed by atoms with Crippen molar-refractivity contribution in [1.82, 2.24) is 0 Å². The number of benzene rings is 1. The number of anilines is 1. The van der Waals surface area contributed by atoms with Crippen molar-refractivity contribution < 1.29 is 4.74 Å². The van der Waals surface area contributed by atoms with Crippen LogP contribution in [0.5, 0.6) is 0 Å². The number of aryl methyl sites for hydroxylation is 1. The monoisotopic (exact) mass is 241 g/mol. The van der Waals surface area contributed by atoms with E-state index in [4.69, 9.17) is 16.3 Å². The molecule has 0 aliphatic rings. The van der Waals surface area contributed by atoms with E-state index in [0.29, 0.717) is 0 Å². The Hall–Kier alpha value is -0.730. The quantitative estimate of drug-likeness (QED) is 0.732. The van der Waals surface area contributed by atoms with E-state index in [1.54, 1.807) is 0 Å². The van der Waals surface area contributed by atoms with Gasteiger partial charge in [-0.15, -0.1) is 0 Å². The minimum atomic E-state index is 0.726. The fourth-order valence-corrected chi connectivity index (χ4v) is 1.67. The number of hydrogen-bond donors (Lipinski definition) is 1. The molecule has 0 unspecified atom stereocenters. The zero-order valence-corrected chi connectivity index (χ0v) is 10.8. The Kier molecular flexibility index (Phi) is 6.27. The third-order valence-corrected chi connectivity index (χ3v) is 2.64. The summed E-state index contributed by atoms with van der Waals surface area (Å²) in [6, 6.07) is 6.01. The standard InChI is InChI=1S/C13H20ClNO/c1-3-4-8-16-9-7-15-13-6-5-11(2)10-12(13)14/h5-6,10,15H,3-4,7-9H2,1-2H3. The average molecular weight is 242 g/mol. The van der Waals surface area contributed by atoms with Crippen molar-refractivity contribution in [2.45, 2.75) is 26.7 Å². The topological polar surface area (TPSA) is 21.3 Å². The van der Waals surface area contributed by atoms with E-state index in [1.807, 2.05) is 25.1 Å². The van der Waals surface area contributed by atoms with Crippen molar-refractivity contribution in [3.05, 3.63) is 28.8 Å². The molecule has 16 heavy (non-hydrogen) atoms. The highest BCUT2D eigenvalue weighted by atomic mass is 35.5. The van der Waals surface area contributed by atoms with Crippen molar-refractivity contribution in [3.63, 3.8) is 0 Å². The smallest absolute Gasteiger partial charge is 0.0640 e. The molecule has 0 heterocycles. The lowest BCUT2D eigenvalue weighted by Gasteiger charge is -2.09. The van der Waals surface area contributed by atoms with Crippen LogP contribution in [0.3, 0.4) is 0 Å². The van der Waals surface area contributed by atoms with Gasteiger partial charge in [0.2, 0.25) is 0 Å². The average Bonchev–Trinajstić information content (AvgIpc) is 2.26. The fraction of sp³-hybridized carbons (Fsp3) is 0.538. The number of hydrogen-bond acceptors (Lipinski definition) is 2. The summed E-state index contributed by atoms with van der Waals surface area (Å²) >= 11 is 6.09. The normalized spacial score (nSPS) is 10.4. The van der Waals surface area contributed by atoms with E-state index in [1.165, 1.54) is 12.0 Å². The van der Waals surface area contributed by atoms with Gasteiger partial charge >= 0.3 is 0 Å². The van der Waals surface area contributed by atoms with Crippen LogP contribution in [-0.2, 0) is 4.74 Å². The van der Waals surface area contributed by atoms with Crippen molar-refractivity contribution in [1.29, 1.82) is 0 Å². The first-order valence-corrected chi connectivity index (χ1v) is 6.19. The Balaban J connectivity index is 2.21. The van der Waals surface area contributed by atoms with Gasteiger partial charge in [-0.2, -0.15) is 0 Å². The van der Waals surface area contributed by atoms with Crippen molar-refractivity contribution in [3.8, 4) is 0 Å². The maximum Gasteiger partial charge on any atom is 0.0640 e. The van der Waals surface area contributed by atoms with Gasteiger partial charge in [0.25, 0.3) is 0 Å². The Morgan fingerprint density at radius 1 is 1.31 bits per heavy atom. The molecule has 0 spiro atoms. The fourth-order valence-electron chi connectivity index (χ4n) is 1.37. The lowest BCUT2D eigenvalue weighted by atomic mass is 10.2. The molecule has 0 fully saturated rings. The summed E-state index contributed by atoms with van der Waals surface area (Å²) in [5.41, 5.74) is 2.15. The van der Waals surface area contributed by atoms with E-state index >= 15 is 0 Å². The zero-order valence-electron chi connectivity index (χ0n) is 10.1. The van der Waals surface area contributed by atoms with Gasteiger partial charge in [-0.3, -0.25) is 0 Å². The Morgan fingerprint density at radius 2 is 2.12 bits per heavy atom. The maximum absolute atomic E-state index is 6.09. The van der Waals surface area contributed by atoms with Crippen LogP contribution in [0.25, 0.3) is 0 Å². The molecule has 0 aromatic heterocycles. The number of nitrogens with one attached hydrogen (secondary N) is 1. The predicted octanol–water partition coefficient (Wildman–Crippen LogP) is 3.88. The van der Waals surface area contributed by atoms with Crippen LogP contribution in [-0.4, -0.2) is 19.8 Å². The summed E-state index contributed by atoms with van der Waals surface area (Å²) in [7, 11) is 0.